The average Bonchev–Trinajstić information content (AvgIpc) is 3.25. The molecular weight excluding hydrogens is 379 g/mol. The van der Waals surface area contributed by atoms with Crippen molar-refractivity contribution in [3.63, 3.8) is 0 Å². The number of amides is 4. The first kappa shape index (κ1) is 19.5. The summed E-state index contributed by atoms with van der Waals surface area (Å²) in [5.41, 5.74) is 4.66. The van der Waals surface area contributed by atoms with Gasteiger partial charge in [-0.05, 0) is 31.5 Å². The maximum atomic E-state index is 14.1. The van der Waals surface area contributed by atoms with Gasteiger partial charge in [0.05, 0.1) is 5.69 Å². The van der Waals surface area contributed by atoms with Gasteiger partial charge in [0.2, 0.25) is 23.3 Å². The fraction of sp³-hybridized carbons (Fsp3) is 0.500. The van der Waals surface area contributed by atoms with Crippen LogP contribution in [0.25, 0.3) is 0 Å². The fourth-order valence-electron chi connectivity index (χ4n) is 5.15. The quantitative estimate of drug-likeness (QED) is 0.578. The Hall–Kier alpha value is -2.81. The Morgan fingerprint density at radius 2 is 2.07 bits per heavy atom. The lowest BCUT2D eigenvalue weighted by Gasteiger charge is -2.28. The second kappa shape index (κ2) is 6.62. The smallest absolute Gasteiger partial charge is 0.291 e. The van der Waals surface area contributed by atoms with Crippen molar-refractivity contribution >= 4 is 29.3 Å². The van der Waals surface area contributed by atoms with Crippen molar-refractivity contribution in [3.8, 4) is 0 Å². The van der Waals surface area contributed by atoms with Gasteiger partial charge >= 0.3 is 0 Å². The van der Waals surface area contributed by atoms with Gasteiger partial charge < -0.3 is 16.4 Å². The summed E-state index contributed by atoms with van der Waals surface area (Å²) < 4.78 is 14.1. The number of nitrogens with two attached hydrogens (primary N) is 2. The fourth-order valence-corrected chi connectivity index (χ4v) is 5.15. The summed E-state index contributed by atoms with van der Waals surface area (Å²) >= 11 is 0. The average molecular weight is 403 g/mol. The van der Waals surface area contributed by atoms with Crippen LogP contribution in [0, 0.1) is 17.7 Å². The number of fused-ring (bicyclic) bond motifs is 4. The van der Waals surface area contributed by atoms with Crippen molar-refractivity contribution in [1.29, 1.82) is 0 Å². The van der Waals surface area contributed by atoms with Crippen molar-refractivity contribution in [2.45, 2.75) is 50.7 Å². The van der Waals surface area contributed by atoms with Crippen LogP contribution in [0.4, 0.5) is 10.1 Å². The maximum Gasteiger partial charge on any atom is 0.291 e. The van der Waals surface area contributed by atoms with E-state index in [0.29, 0.717) is 17.7 Å². The van der Waals surface area contributed by atoms with E-state index in [4.69, 9.17) is 5.73 Å². The zero-order valence-electron chi connectivity index (χ0n) is 16.3. The molecule has 154 valence electrons. The highest BCUT2D eigenvalue weighted by atomic mass is 19.1. The molecule has 0 radical (unpaired) electrons. The van der Waals surface area contributed by atoms with Gasteiger partial charge in [0.25, 0.3) is 5.91 Å². The van der Waals surface area contributed by atoms with Crippen molar-refractivity contribution in [3.05, 3.63) is 29.6 Å². The predicted octanol–water partition coefficient (Wildman–Crippen LogP) is -0.416. The number of hydrogen-bond donors (Lipinski definition) is 3. The van der Waals surface area contributed by atoms with Crippen LogP contribution in [0.3, 0.4) is 0 Å². The summed E-state index contributed by atoms with van der Waals surface area (Å²) in [5, 5.41) is 4.41. The third-order valence-electron chi connectivity index (χ3n) is 6.62. The van der Waals surface area contributed by atoms with Gasteiger partial charge in [0.1, 0.15) is 23.7 Å². The Morgan fingerprint density at radius 1 is 1.34 bits per heavy atom. The third kappa shape index (κ3) is 2.60. The lowest BCUT2D eigenvalue weighted by Crippen LogP contribution is -2.99. The summed E-state index contributed by atoms with van der Waals surface area (Å²) in [6.45, 7) is 3.66. The molecule has 2 saturated heterocycles. The molecule has 1 spiro atoms. The first-order chi connectivity index (χ1) is 13.7. The molecule has 3 heterocycles. The number of halogens is 1. The number of nitrogens with zero attached hydrogens (tertiary/aromatic N) is 1. The Kier molecular flexibility index (Phi) is 4.45. The minimum absolute atomic E-state index is 0.0307. The molecular formula is C20H24FN4O4+. The van der Waals surface area contributed by atoms with Crippen LogP contribution in [-0.2, 0) is 24.7 Å². The Labute approximate surface area is 167 Å². The van der Waals surface area contributed by atoms with Crippen molar-refractivity contribution in [2.24, 2.45) is 17.6 Å². The van der Waals surface area contributed by atoms with Gasteiger partial charge in [0.15, 0.2) is 0 Å². The number of likely N-dealkylation sites (tertiary alicyclic amines) is 1. The summed E-state index contributed by atoms with van der Waals surface area (Å²) in [7, 11) is 0. The monoisotopic (exact) mass is 403 g/mol. The summed E-state index contributed by atoms with van der Waals surface area (Å²) in [4.78, 5) is 52.4. The van der Waals surface area contributed by atoms with Crippen LogP contribution in [-0.4, -0.2) is 40.6 Å². The topological polar surface area (TPSA) is 126 Å². The second-order valence-corrected chi connectivity index (χ2v) is 8.16. The number of anilines is 1. The number of benzene rings is 1. The molecule has 3 aliphatic heterocycles. The van der Waals surface area contributed by atoms with Crippen LogP contribution in [0.5, 0.6) is 0 Å². The maximum absolute atomic E-state index is 14.1. The Balaban J connectivity index is 1.85. The lowest BCUT2D eigenvalue weighted by atomic mass is 9.76. The SMILES string of the molecule is CC[C@@H](C)N1C(=O)[C@H]2[C@@H](C1=O)[C@@]1([NH2+][C@@H]2CCC(N)=O)C(=O)Nc2ccc(F)cc21. The minimum Gasteiger partial charge on any atom is -0.370 e. The molecule has 2 fully saturated rings. The number of primary amides is 1. The molecule has 5 N–H and O–H groups in total. The summed E-state index contributed by atoms with van der Waals surface area (Å²) in [5.74, 6) is -3.97. The molecule has 29 heavy (non-hydrogen) atoms. The molecule has 0 saturated carbocycles. The van der Waals surface area contributed by atoms with Gasteiger partial charge in [-0.25, -0.2) is 4.39 Å². The molecule has 9 heteroatoms. The van der Waals surface area contributed by atoms with E-state index in [0.717, 1.165) is 0 Å². The number of nitrogens with one attached hydrogen (secondary N) is 1. The molecule has 1 aromatic rings. The zero-order chi connectivity index (χ0) is 21.1. The molecule has 0 aromatic heterocycles. The van der Waals surface area contributed by atoms with Crippen LogP contribution in [0.15, 0.2) is 18.2 Å². The number of hydrogen-bond acceptors (Lipinski definition) is 4. The Morgan fingerprint density at radius 3 is 2.72 bits per heavy atom. The van der Waals surface area contributed by atoms with E-state index < -0.39 is 47.0 Å². The molecule has 8 nitrogen and oxygen atoms in total. The first-order valence-corrected chi connectivity index (χ1v) is 9.85. The van der Waals surface area contributed by atoms with Crippen LogP contribution >= 0.6 is 0 Å². The highest BCUT2D eigenvalue weighted by molar-refractivity contribution is 6.14. The minimum atomic E-state index is -1.43. The predicted molar refractivity (Wildman–Crippen MR) is 99.4 cm³/mol. The van der Waals surface area contributed by atoms with Crippen LogP contribution in [0.2, 0.25) is 0 Å². The Bertz CT molecular complexity index is 935. The first-order valence-electron chi connectivity index (χ1n) is 9.85. The van der Waals surface area contributed by atoms with Crippen LogP contribution in [0.1, 0.15) is 38.7 Å². The van der Waals surface area contributed by atoms with E-state index in [1.807, 2.05) is 6.92 Å². The molecule has 0 unspecified atom stereocenters. The molecule has 3 aliphatic rings. The van der Waals surface area contributed by atoms with Crippen LogP contribution < -0.4 is 16.4 Å². The van der Waals surface area contributed by atoms with E-state index in [1.165, 1.54) is 23.1 Å². The van der Waals surface area contributed by atoms with Gasteiger partial charge in [-0.1, -0.05) is 6.92 Å². The zero-order valence-corrected chi connectivity index (χ0v) is 16.3. The molecule has 4 amide bonds. The third-order valence-corrected chi connectivity index (χ3v) is 6.62. The van der Waals surface area contributed by atoms with Crippen molar-refractivity contribution in [1.82, 2.24) is 4.90 Å². The lowest BCUT2D eigenvalue weighted by molar-refractivity contribution is -0.734. The van der Waals surface area contributed by atoms with E-state index in [9.17, 15) is 23.6 Å². The second-order valence-electron chi connectivity index (χ2n) is 8.16. The summed E-state index contributed by atoms with van der Waals surface area (Å²) in [6.07, 6.45) is 0.865. The normalized spacial score (nSPS) is 31.2. The molecule has 5 atom stereocenters. The van der Waals surface area contributed by atoms with Crippen molar-refractivity contribution in [2.75, 3.05) is 5.32 Å². The van der Waals surface area contributed by atoms with E-state index in [2.05, 4.69) is 5.32 Å². The van der Waals surface area contributed by atoms with Crippen molar-refractivity contribution < 1.29 is 28.9 Å². The van der Waals surface area contributed by atoms with Gasteiger partial charge in [-0.3, -0.25) is 24.1 Å². The number of quaternary nitrogens is 1. The van der Waals surface area contributed by atoms with E-state index >= 15 is 0 Å². The molecule has 0 aliphatic carbocycles. The highest BCUT2D eigenvalue weighted by Crippen LogP contribution is 2.50. The van der Waals surface area contributed by atoms with Gasteiger partial charge in [0, 0.05) is 24.4 Å². The number of carbonyl (C=O) groups excluding carboxylic acids is 4. The molecule has 0 bridgehead atoms. The highest BCUT2D eigenvalue weighted by Gasteiger charge is 2.74. The summed E-state index contributed by atoms with van der Waals surface area (Å²) in [6, 6.07) is 3.15. The molecule has 4 rings (SSSR count). The standard InChI is InChI=1S/C20H23FN4O4/c1-3-9(2)25-17(27)15-13(6-7-14(22)26)24-20(16(15)18(25)28)11-8-10(21)4-5-12(11)23-19(20)29/h4-5,8-9,13,15-16,24H,3,6-7H2,1-2H3,(H2,22,26)(H,23,29)/p+1/t9-,13-,15-,16+,20-/m1/s1. The van der Waals surface area contributed by atoms with Gasteiger partial charge in [-0.2, -0.15) is 0 Å². The largest absolute Gasteiger partial charge is 0.370 e. The number of rotatable bonds is 5. The van der Waals surface area contributed by atoms with E-state index in [-0.39, 0.29) is 24.8 Å². The number of carbonyl (C=O) groups is 4. The molecule has 1 aromatic carbocycles. The number of imide groups is 1. The van der Waals surface area contributed by atoms with Gasteiger partial charge in [-0.15, -0.1) is 0 Å². The van der Waals surface area contributed by atoms with E-state index in [1.54, 1.807) is 12.2 Å².